The van der Waals surface area contributed by atoms with Gasteiger partial charge in [-0.05, 0) is 37.9 Å². The van der Waals surface area contributed by atoms with Gasteiger partial charge in [0, 0.05) is 13.1 Å². The third-order valence-electron chi connectivity index (χ3n) is 2.89. The minimum atomic E-state index is 1.20. The van der Waals surface area contributed by atoms with E-state index in [0.717, 1.165) is 0 Å². The lowest BCUT2D eigenvalue weighted by Gasteiger charge is -2.10. The molecule has 0 saturated carbocycles. The summed E-state index contributed by atoms with van der Waals surface area (Å²) in [7, 11) is 2.21. The first-order chi connectivity index (χ1) is 7.25. The summed E-state index contributed by atoms with van der Waals surface area (Å²) in [5.74, 6) is 0. The molecule has 2 rings (SSSR count). The van der Waals surface area contributed by atoms with E-state index in [-0.39, 0.29) is 0 Å². The van der Waals surface area contributed by atoms with E-state index in [4.69, 9.17) is 0 Å². The van der Waals surface area contributed by atoms with Crippen LogP contribution < -0.4 is 0 Å². The van der Waals surface area contributed by atoms with Gasteiger partial charge in [-0.3, -0.25) is 0 Å². The first kappa shape index (κ1) is 12.3. The van der Waals surface area contributed by atoms with Crippen LogP contribution >= 0.6 is 0 Å². The molecular weight excluding hydrogens is 182 g/mol. The molecule has 0 N–H and O–H groups in total. The van der Waals surface area contributed by atoms with E-state index >= 15 is 0 Å². The van der Waals surface area contributed by atoms with Gasteiger partial charge in [-0.1, -0.05) is 37.6 Å². The maximum atomic E-state index is 2.41. The largest absolute Gasteiger partial charge is 0.306 e. The van der Waals surface area contributed by atoms with E-state index in [2.05, 4.69) is 37.1 Å². The molecule has 84 valence electrons. The molecule has 1 aromatic rings. The molecule has 0 radical (unpaired) electrons. The minimum absolute atomic E-state index is 1.20. The van der Waals surface area contributed by atoms with Crippen LogP contribution in [0.4, 0.5) is 0 Å². The molecule has 1 aliphatic heterocycles. The van der Waals surface area contributed by atoms with Gasteiger partial charge in [-0.2, -0.15) is 0 Å². The monoisotopic (exact) mass is 205 g/mol. The summed E-state index contributed by atoms with van der Waals surface area (Å²) in [6, 6.07) is 6.86. The maximum absolute atomic E-state index is 2.41. The molecule has 1 aliphatic rings. The molecule has 0 aliphatic carbocycles. The van der Waals surface area contributed by atoms with E-state index in [1.807, 2.05) is 13.8 Å². The lowest BCUT2D eigenvalue weighted by atomic mass is 10.0. The van der Waals surface area contributed by atoms with Gasteiger partial charge in [0.15, 0.2) is 0 Å². The molecule has 1 heteroatoms. The third-order valence-corrected chi connectivity index (χ3v) is 2.89. The molecule has 0 fully saturated rings. The van der Waals surface area contributed by atoms with E-state index in [9.17, 15) is 0 Å². The summed E-state index contributed by atoms with van der Waals surface area (Å²) in [4.78, 5) is 2.41. The lowest BCUT2D eigenvalue weighted by molar-refractivity contribution is 0.352. The normalized spacial score (nSPS) is 16.0. The smallest absolute Gasteiger partial charge is 0.00190 e. The minimum Gasteiger partial charge on any atom is -0.306 e. The molecule has 0 aromatic heterocycles. The Morgan fingerprint density at radius 1 is 1.00 bits per heavy atom. The van der Waals surface area contributed by atoms with Crippen molar-refractivity contribution in [3.63, 3.8) is 0 Å². The van der Waals surface area contributed by atoms with Crippen molar-refractivity contribution < 1.29 is 0 Å². The molecule has 0 spiro atoms. The van der Waals surface area contributed by atoms with E-state index < -0.39 is 0 Å². The van der Waals surface area contributed by atoms with Crippen LogP contribution in [0.15, 0.2) is 18.2 Å². The van der Waals surface area contributed by atoms with Crippen molar-refractivity contribution >= 4 is 0 Å². The summed E-state index contributed by atoms with van der Waals surface area (Å²) in [6.07, 6.45) is 2.43. The Morgan fingerprint density at radius 2 is 1.60 bits per heavy atom. The lowest BCUT2D eigenvalue weighted by Crippen LogP contribution is -2.20. The van der Waals surface area contributed by atoms with Crippen molar-refractivity contribution in [3.8, 4) is 0 Å². The first-order valence-corrected chi connectivity index (χ1v) is 6.02. The number of nitrogens with zero attached hydrogens (tertiary/aromatic N) is 1. The summed E-state index contributed by atoms with van der Waals surface area (Å²) >= 11 is 0. The van der Waals surface area contributed by atoms with Crippen molar-refractivity contribution in [2.45, 2.75) is 33.6 Å². The molecule has 0 atom stereocenters. The fourth-order valence-corrected chi connectivity index (χ4v) is 1.97. The SMILES string of the molecule is CC.Cc1ccc2c(c1)CCN(C)CC2. The Balaban J connectivity index is 0.000000531. The van der Waals surface area contributed by atoms with Crippen molar-refractivity contribution in [1.82, 2.24) is 4.90 Å². The highest BCUT2D eigenvalue weighted by Crippen LogP contribution is 2.16. The molecule has 1 heterocycles. The average Bonchev–Trinajstić information content (AvgIpc) is 2.44. The number of rotatable bonds is 0. The highest BCUT2D eigenvalue weighted by Gasteiger charge is 2.10. The Hall–Kier alpha value is -0.820. The van der Waals surface area contributed by atoms with Crippen molar-refractivity contribution in [1.29, 1.82) is 0 Å². The van der Waals surface area contributed by atoms with E-state index in [0.29, 0.717) is 0 Å². The number of likely N-dealkylation sites (N-methyl/N-ethyl adjacent to an activating group) is 1. The van der Waals surface area contributed by atoms with Gasteiger partial charge in [-0.25, -0.2) is 0 Å². The molecule has 1 aromatic carbocycles. The number of fused-ring (bicyclic) bond motifs is 1. The first-order valence-electron chi connectivity index (χ1n) is 6.02. The van der Waals surface area contributed by atoms with Crippen LogP contribution in [0.1, 0.15) is 30.5 Å². The van der Waals surface area contributed by atoms with E-state index in [1.165, 1.54) is 31.5 Å². The fourth-order valence-electron chi connectivity index (χ4n) is 1.97. The average molecular weight is 205 g/mol. The second-order valence-corrected chi connectivity index (χ2v) is 4.08. The topological polar surface area (TPSA) is 3.24 Å². The molecule has 0 saturated heterocycles. The van der Waals surface area contributed by atoms with Crippen LogP contribution in [0.25, 0.3) is 0 Å². The molecule has 1 nitrogen and oxygen atoms in total. The van der Waals surface area contributed by atoms with Gasteiger partial charge in [0.1, 0.15) is 0 Å². The van der Waals surface area contributed by atoms with Crippen LogP contribution in [0, 0.1) is 6.92 Å². The molecule has 0 bridgehead atoms. The summed E-state index contributed by atoms with van der Waals surface area (Å²) in [6.45, 7) is 8.58. The van der Waals surface area contributed by atoms with Gasteiger partial charge in [0.25, 0.3) is 0 Å². The number of hydrogen-bond acceptors (Lipinski definition) is 1. The Kier molecular flexibility index (Phi) is 4.83. The zero-order chi connectivity index (χ0) is 11.3. The van der Waals surface area contributed by atoms with Gasteiger partial charge < -0.3 is 4.90 Å². The van der Waals surface area contributed by atoms with Crippen molar-refractivity contribution in [2.75, 3.05) is 20.1 Å². The number of aryl methyl sites for hydroxylation is 1. The molecule has 0 unspecified atom stereocenters. The predicted octanol–water partition coefficient (Wildman–Crippen LogP) is 3.05. The van der Waals surface area contributed by atoms with Crippen LogP contribution in [0.5, 0.6) is 0 Å². The van der Waals surface area contributed by atoms with Crippen LogP contribution in [-0.4, -0.2) is 25.0 Å². The quantitative estimate of drug-likeness (QED) is 0.629. The van der Waals surface area contributed by atoms with Gasteiger partial charge in [-0.15, -0.1) is 0 Å². The number of hydrogen-bond donors (Lipinski definition) is 0. The zero-order valence-corrected chi connectivity index (χ0v) is 10.5. The van der Waals surface area contributed by atoms with Crippen LogP contribution in [-0.2, 0) is 12.8 Å². The molecular formula is C14H23N. The summed E-state index contributed by atoms with van der Waals surface area (Å²) < 4.78 is 0. The highest BCUT2D eigenvalue weighted by atomic mass is 15.1. The van der Waals surface area contributed by atoms with Gasteiger partial charge >= 0.3 is 0 Å². The van der Waals surface area contributed by atoms with Gasteiger partial charge in [0.05, 0.1) is 0 Å². The second-order valence-electron chi connectivity index (χ2n) is 4.08. The Bertz CT molecular complexity index is 304. The molecule has 15 heavy (non-hydrogen) atoms. The maximum Gasteiger partial charge on any atom is 0.00190 e. The van der Waals surface area contributed by atoms with E-state index in [1.54, 1.807) is 11.1 Å². The van der Waals surface area contributed by atoms with Crippen molar-refractivity contribution in [2.24, 2.45) is 0 Å². The summed E-state index contributed by atoms with van der Waals surface area (Å²) in [5, 5.41) is 0. The Labute approximate surface area is 94.1 Å². The second kappa shape index (κ2) is 5.92. The summed E-state index contributed by atoms with van der Waals surface area (Å²) in [5.41, 5.74) is 4.50. The van der Waals surface area contributed by atoms with Crippen molar-refractivity contribution in [3.05, 3.63) is 34.9 Å². The highest BCUT2D eigenvalue weighted by molar-refractivity contribution is 5.32. The van der Waals surface area contributed by atoms with Crippen LogP contribution in [0.2, 0.25) is 0 Å². The van der Waals surface area contributed by atoms with Gasteiger partial charge in [0.2, 0.25) is 0 Å². The molecule has 0 amide bonds. The zero-order valence-electron chi connectivity index (χ0n) is 10.5. The third kappa shape index (κ3) is 3.35. The van der Waals surface area contributed by atoms with Crippen LogP contribution in [0.3, 0.4) is 0 Å². The fraction of sp³-hybridized carbons (Fsp3) is 0.571. The number of benzene rings is 1. The predicted molar refractivity (Wildman–Crippen MR) is 67.4 cm³/mol. The standard InChI is InChI=1S/C12H17N.C2H6/c1-10-3-4-11-5-7-13(2)8-6-12(11)9-10;1-2/h3-4,9H,5-8H2,1-2H3;1-2H3. The Morgan fingerprint density at radius 3 is 2.27 bits per heavy atom.